The Hall–Kier alpha value is -1.05. The highest BCUT2D eigenvalue weighted by molar-refractivity contribution is 5.48. The third kappa shape index (κ3) is 1.82. The van der Waals surface area contributed by atoms with Crippen molar-refractivity contribution in [3.05, 3.63) is 29.1 Å². The summed E-state index contributed by atoms with van der Waals surface area (Å²) in [5, 5.41) is 0. The van der Waals surface area contributed by atoms with E-state index in [0.29, 0.717) is 5.56 Å². The van der Waals surface area contributed by atoms with Crippen LogP contribution >= 0.6 is 0 Å². The van der Waals surface area contributed by atoms with Crippen LogP contribution in [0.25, 0.3) is 0 Å². The average molecular weight is 181 g/mol. The van der Waals surface area contributed by atoms with Crippen molar-refractivity contribution in [2.24, 2.45) is 0 Å². The summed E-state index contributed by atoms with van der Waals surface area (Å²) in [6.07, 6.45) is 0. The molecule has 0 amide bonds. The molecule has 13 heavy (non-hydrogen) atoms. The second-order valence-electron chi connectivity index (χ2n) is 4.39. The van der Waals surface area contributed by atoms with Gasteiger partial charge in [0.25, 0.3) is 0 Å². The molecule has 2 N–H and O–H groups in total. The molecule has 1 rings (SSSR count). The van der Waals surface area contributed by atoms with Gasteiger partial charge in [-0.05, 0) is 29.5 Å². The van der Waals surface area contributed by atoms with Crippen molar-refractivity contribution in [1.82, 2.24) is 0 Å². The Bertz CT molecular complexity index is 324. The molecule has 0 aromatic heterocycles. The molecule has 0 bridgehead atoms. The number of nitrogen functional groups attached to an aromatic ring is 1. The lowest BCUT2D eigenvalue weighted by molar-refractivity contribution is 0.564. The molecular weight excluding hydrogens is 165 g/mol. The van der Waals surface area contributed by atoms with Crippen LogP contribution in [0.2, 0.25) is 0 Å². The minimum Gasteiger partial charge on any atom is -0.396 e. The van der Waals surface area contributed by atoms with Gasteiger partial charge in [0.1, 0.15) is 5.82 Å². The number of benzene rings is 1. The average Bonchev–Trinajstić information content (AvgIpc) is 1.98. The SMILES string of the molecule is Cc1c(C(C)(C)C)ccc(N)c1F. The molecule has 0 unspecified atom stereocenters. The van der Waals surface area contributed by atoms with E-state index in [2.05, 4.69) is 20.8 Å². The van der Waals surface area contributed by atoms with Gasteiger partial charge < -0.3 is 5.73 Å². The maximum Gasteiger partial charge on any atom is 0.149 e. The predicted molar refractivity (Wildman–Crippen MR) is 54.2 cm³/mol. The van der Waals surface area contributed by atoms with Gasteiger partial charge in [-0.1, -0.05) is 26.8 Å². The molecule has 2 heteroatoms. The molecule has 0 aliphatic rings. The lowest BCUT2D eigenvalue weighted by Gasteiger charge is -2.22. The van der Waals surface area contributed by atoms with Crippen molar-refractivity contribution >= 4 is 5.69 Å². The maximum absolute atomic E-state index is 13.4. The zero-order chi connectivity index (χ0) is 10.2. The molecule has 0 saturated heterocycles. The van der Waals surface area contributed by atoms with E-state index in [0.717, 1.165) is 5.56 Å². The van der Waals surface area contributed by atoms with Gasteiger partial charge in [-0.2, -0.15) is 0 Å². The first-order chi connectivity index (χ1) is 5.84. The molecule has 72 valence electrons. The van der Waals surface area contributed by atoms with E-state index in [-0.39, 0.29) is 16.9 Å². The van der Waals surface area contributed by atoms with Crippen molar-refractivity contribution in [2.75, 3.05) is 5.73 Å². The van der Waals surface area contributed by atoms with Crippen LogP contribution in [0, 0.1) is 12.7 Å². The van der Waals surface area contributed by atoms with Crippen molar-refractivity contribution in [2.45, 2.75) is 33.1 Å². The summed E-state index contributed by atoms with van der Waals surface area (Å²) in [5.74, 6) is -0.285. The summed E-state index contributed by atoms with van der Waals surface area (Å²) in [6, 6.07) is 3.52. The van der Waals surface area contributed by atoms with Crippen molar-refractivity contribution in [1.29, 1.82) is 0 Å². The largest absolute Gasteiger partial charge is 0.396 e. The smallest absolute Gasteiger partial charge is 0.149 e. The fourth-order valence-corrected chi connectivity index (χ4v) is 1.52. The lowest BCUT2D eigenvalue weighted by atomic mass is 9.84. The van der Waals surface area contributed by atoms with E-state index in [1.54, 1.807) is 13.0 Å². The topological polar surface area (TPSA) is 26.0 Å². The summed E-state index contributed by atoms with van der Waals surface area (Å²) >= 11 is 0. The second kappa shape index (κ2) is 3.02. The van der Waals surface area contributed by atoms with Crippen LogP contribution in [0.5, 0.6) is 0 Å². The molecule has 0 atom stereocenters. The lowest BCUT2D eigenvalue weighted by Crippen LogP contribution is -2.14. The fourth-order valence-electron chi connectivity index (χ4n) is 1.52. The molecule has 0 aliphatic heterocycles. The van der Waals surface area contributed by atoms with E-state index in [4.69, 9.17) is 5.73 Å². The predicted octanol–water partition coefficient (Wildman–Crippen LogP) is 3.01. The molecule has 0 aliphatic carbocycles. The second-order valence-corrected chi connectivity index (χ2v) is 4.39. The zero-order valence-electron chi connectivity index (χ0n) is 8.61. The van der Waals surface area contributed by atoms with Crippen LogP contribution in [0.4, 0.5) is 10.1 Å². The number of hydrogen-bond acceptors (Lipinski definition) is 1. The van der Waals surface area contributed by atoms with Crippen LogP contribution in [0.1, 0.15) is 31.9 Å². The van der Waals surface area contributed by atoms with Crippen LogP contribution in [0.15, 0.2) is 12.1 Å². The number of rotatable bonds is 0. The fraction of sp³-hybridized carbons (Fsp3) is 0.455. The van der Waals surface area contributed by atoms with Crippen LogP contribution < -0.4 is 5.73 Å². The van der Waals surface area contributed by atoms with Gasteiger partial charge in [0.15, 0.2) is 0 Å². The highest BCUT2D eigenvalue weighted by Crippen LogP contribution is 2.29. The third-order valence-corrected chi connectivity index (χ3v) is 2.22. The van der Waals surface area contributed by atoms with Crippen molar-refractivity contribution in [3.8, 4) is 0 Å². The summed E-state index contributed by atoms with van der Waals surface area (Å²) in [4.78, 5) is 0. The maximum atomic E-state index is 13.4. The van der Waals surface area contributed by atoms with Crippen LogP contribution in [0.3, 0.4) is 0 Å². The van der Waals surface area contributed by atoms with E-state index < -0.39 is 0 Å². The van der Waals surface area contributed by atoms with E-state index in [1.165, 1.54) is 0 Å². The van der Waals surface area contributed by atoms with Gasteiger partial charge in [0.2, 0.25) is 0 Å². The summed E-state index contributed by atoms with van der Waals surface area (Å²) in [7, 11) is 0. The monoisotopic (exact) mass is 181 g/mol. The van der Waals surface area contributed by atoms with E-state index >= 15 is 0 Å². The Labute approximate surface area is 78.8 Å². The first-order valence-corrected chi connectivity index (χ1v) is 4.39. The number of nitrogens with two attached hydrogens (primary N) is 1. The normalized spacial score (nSPS) is 11.8. The summed E-state index contributed by atoms with van der Waals surface area (Å²) in [5.41, 5.74) is 7.33. The molecule has 0 radical (unpaired) electrons. The van der Waals surface area contributed by atoms with E-state index in [9.17, 15) is 4.39 Å². The van der Waals surface area contributed by atoms with Gasteiger partial charge in [0.05, 0.1) is 5.69 Å². The Kier molecular flexibility index (Phi) is 2.33. The standard InChI is InChI=1S/C11H16FN/c1-7-8(11(2,3)4)5-6-9(13)10(7)12/h5-6H,13H2,1-4H3. The molecule has 0 fully saturated rings. The minimum absolute atomic E-state index is 0.0291. The van der Waals surface area contributed by atoms with E-state index in [1.807, 2.05) is 6.07 Å². The molecular formula is C11H16FN. The zero-order valence-corrected chi connectivity index (χ0v) is 8.61. The van der Waals surface area contributed by atoms with Crippen LogP contribution in [-0.4, -0.2) is 0 Å². The number of hydrogen-bond donors (Lipinski definition) is 1. The number of anilines is 1. The third-order valence-electron chi connectivity index (χ3n) is 2.22. The van der Waals surface area contributed by atoms with Crippen molar-refractivity contribution in [3.63, 3.8) is 0 Å². The summed E-state index contributed by atoms with van der Waals surface area (Å²) < 4.78 is 13.4. The number of halogens is 1. The highest BCUT2D eigenvalue weighted by atomic mass is 19.1. The van der Waals surface area contributed by atoms with Gasteiger partial charge in [0, 0.05) is 0 Å². The summed E-state index contributed by atoms with van der Waals surface area (Å²) in [6.45, 7) is 7.95. The molecule has 0 spiro atoms. The first-order valence-electron chi connectivity index (χ1n) is 4.39. The molecule has 1 aromatic rings. The highest BCUT2D eigenvalue weighted by Gasteiger charge is 2.18. The quantitative estimate of drug-likeness (QED) is 0.612. The van der Waals surface area contributed by atoms with Gasteiger partial charge >= 0.3 is 0 Å². The molecule has 0 heterocycles. The Morgan fingerprint density at radius 1 is 1.23 bits per heavy atom. The molecule has 1 nitrogen and oxygen atoms in total. The first kappa shape index (κ1) is 10.0. The Balaban J connectivity index is 3.35. The molecule has 1 aromatic carbocycles. The minimum atomic E-state index is -0.285. The van der Waals surface area contributed by atoms with Crippen molar-refractivity contribution < 1.29 is 4.39 Å². The van der Waals surface area contributed by atoms with Gasteiger partial charge in [-0.25, -0.2) is 4.39 Å². The van der Waals surface area contributed by atoms with Crippen LogP contribution in [-0.2, 0) is 5.41 Å². The van der Waals surface area contributed by atoms with Gasteiger partial charge in [-0.15, -0.1) is 0 Å². The Morgan fingerprint density at radius 2 is 1.77 bits per heavy atom. The molecule has 0 saturated carbocycles. The Morgan fingerprint density at radius 3 is 2.23 bits per heavy atom. The van der Waals surface area contributed by atoms with Gasteiger partial charge in [-0.3, -0.25) is 0 Å².